The van der Waals surface area contributed by atoms with Crippen molar-refractivity contribution in [3.05, 3.63) is 18.2 Å². The quantitative estimate of drug-likeness (QED) is 0.628. The molecule has 0 spiro atoms. The zero-order chi connectivity index (χ0) is 11.0. The van der Waals surface area contributed by atoms with Crippen LogP contribution in [-0.2, 0) is 0 Å². The van der Waals surface area contributed by atoms with Crippen LogP contribution in [0.15, 0.2) is 16.9 Å². The lowest BCUT2D eigenvalue weighted by atomic mass is 10.4. The Balaban J connectivity index is 2.60. The first-order chi connectivity index (χ1) is 7.11. The van der Waals surface area contributed by atoms with E-state index in [0.717, 1.165) is 4.68 Å². The Labute approximate surface area is 82.6 Å². The molecule has 0 unspecified atom stereocenters. The Hall–Kier alpha value is -2.51. The molecule has 0 atom stereocenters. The number of hydrogen-bond acceptors (Lipinski definition) is 6. The number of nitrogens with zero attached hydrogens (tertiary/aromatic N) is 3. The van der Waals surface area contributed by atoms with Crippen LogP contribution in [0.2, 0.25) is 0 Å². The second-order valence-corrected chi connectivity index (χ2v) is 2.61. The van der Waals surface area contributed by atoms with E-state index < -0.39 is 17.4 Å². The summed E-state index contributed by atoms with van der Waals surface area (Å²) in [6.07, 6.45) is 2.61. The maximum Gasteiger partial charge on any atom is 0.360 e. The van der Waals surface area contributed by atoms with Crippen molar-refractivity contribution in [3.8, 4) is 11.8 Å². The summed E-state index contributed by atoms with van der Waals surface area (Å²) in [6.45, 7) is 0. The number of aromatic carboxylic acids is 1. The van der Waals surface area contributed by atoms with Gasteiger partial charge in [0.05, 0.1) is 6.20 Å². The van der Waals surface area contributed by atoms with Gasteiger partial charge in [-0.3, -0.25) is 0 Å². The third-order valence-corrected chi connectivity index (χ3v) is 1.70. The molecule has 0 amide bonds. The van der Waals surface area contributed by atoms with Crippen LogP contribution >= 0.6 is 0 Å². The standard InChI is InChI=1S/C7H6N4O4/c8-5-4(12)3(6(13)14)10-11(5)7-9-1-2-15-7/h1-2,12H,8H2,(H,13,14). The summed E-state index contributed by atoms with van der Waals surface area (Å²) in [5.74, 6) is -2.24. The number of aromatic nitrogens is 3. The van der Waals surface area contributed by atoms with Gasteiger partial charge < -0.3 is 20.4 Å². The first-order valence-electron chi connectivity index (χ1n) is 3.82. The minimum Gasteiger partial charge on any atom is -0.503 e. The van der Waals surface area contributed by atoms with Crippen LogP contribution in [0.3, 0.4) is 0 Å². The molecular weight excluding hydrogens is 204 g/mol. The first-order valence-corrected chi connectivity index (χ1v) is 3.82. The van der Waals surface area contributed by atoms with Crippen LogP contribution in [0, 0.1) is 0 Å². The molecule has 0 saturated carbocycles. The van der Waals surface area contributed by atoms with E-state index in [1.165, 1.54) is 12.5 Å². The second-order valence-electron chi connectivity index (χ2n) is 2.61. The van der Waals surface area contributed by atoms with Crippen molar-refractivity contribution in [1.29, 1.82) is 0 Å². The molecule has 2 aromatic heterocycles. The number of carboxylic acids is 1. The van der Waals surface area contributed by atoms with Crippen molar-refractivity contribution in [2.75, 3.05) is 5.73 Å². The molecule has 0 aliphatic carbocycles. The summed E-state index contributed by atoms with van der Waals surface area (Å²) >= 11 is 0. The number of nitrogens with two attached hydrogens (primary N) is 1. The topological polar surface area (TPSA) is 127 Å². The molecular formula is C7H6N4O4. The average Bonchev–Trinajstić information content (AvgIpc) is 2.77. The molecule has 0 fully saturated rings. The summed E-state index contributed by atoms with van der Waals surface area (Å²) in [4.78, 5) is 14.3. The maximum atomic E-state index is 10.6. The molecule has 2 aromatic rings. The van der Waals surface area contributed by atoms with Gasteiger partial charge in [-0.15, -0.1) is 0 Å². The average molecular weight is 210 g/mol. The van der Waals surface area contributed by atoms with Crippen molar-refractivity contribution in [2.45, 2.75) is 0 Å². The van der Waals surface area contributed by atoms with Crippen LogP contribution in [-0.4, -0.2) is 30.9 Å². The third kappa shape index (κ3) is 1.27. The summed E-state index contributed by atoms with van der Waals surface area (Å²) in [7, 11) is 0. The van der Waals surface area contributed by atoms with E-state index >= 15 is 0 Å². The minimum absolute atomic E-state index is 0.0182. The molecule has 0 bridgehead atoms. The van der Waals surface area contributed by atoms with Crippen molar-refractivity contribution in [2.24, 2.45) is 0 Å². The van der Waals surface area contributed by atoms with E-state index in [1.54, 1.807) is 0 Å². The molecule has 0 aliphatic rings. The predicted molar refractivity (Wildman–Crippen MR) is 46.7 cm³/mol. The smallest absolute Gasteiger partial charge is 0.360 e. The highest BCUT2D eigenvalue weighted by Crippen LogP contribution is 2.26. The molecule has 0 radical (unpaired) electrons. The van der Waals surface area contributed by atoms with Gasteiger partial charge in [-0.2, -0.15) is 9.78 Å². The van der Waals surface area contributed by atoms with Gasteiger partial charge in [0.25, 0.3) is 0 Å². The van der Waals surface area contributed by atoms with Crippen molar-refractivity contribution in [3.63, 3.8) is 0 Å². The molecule has 4 N–H and O–H groups in total. The zero-order valence-corrected chi connectivity index (χ0v) is 7.28. The van der Waals surface area contributed by atoms with E-state index in [2.05, 4.69) is 10.1 Å². The minimum atomic E-state index is -1.38. The number of aromatic hydroxyl groups is 1. The van der Waals surface area contributed by atoms with Gasteiger partial charge in [0.2, 0.25) is 5.69 Å². The van der Waals surface area contributed by atoms with Gasteiger partial charge in [0, 0.05) is 0 Å². The fourth-order valence-electron chi connectivity index (χ4n) is 1.03. The highest BCUT2D eigenvalue weighted by atomic mass is 16.4. The number of anilines is 1. The van der Waals surface area contributed by atoms with Crippen LogP contribution in [0.25, 0.3) is 6.01 Å². The highest BCUT2D eigenvalue weighted by molar-refractivity contribution is 5.90. The molecule has 2 rings (SSSR count). The summed E-state index contributed by atoms with van der Waals surface area (Å²) < 4.78 is 5.76. The molecule has 0 aliphatic heterocycles. The van der Waals surface area contributed by atoms with E-state index in [0.29, 0.717) is 0 Å². The summed E-state index contributed by atoms with van der Waals surface area (Å²) in [5.41, 5.74) is 4.87. The molecule has 0 saturated heterocycles. The van der Waals surface area contributed by atoms with E-state index in [1.807, 2.05) is 0 Å². The van der Waals surface area contributed by atoms with Gasteiger partial charge in [-0.25, -0.2) is 9.78 Å². The lowest BCUT2D eigenvalue weighted by Crippen LogP contribution is -2.03. The Morgan fingerprint density at radius 2 is 2.33 bits per heavy atom. The van der Waals surface area contributed by atoms with Crippen LogP contribution in [0.4, 0.5) is 5.82 Å². The zero-order valence-electron chi connectivity index (χ0n) is 7.28. The highest BCUT2D eigenvalue weighted by Gasteiger charge is 2.22. The van der Waals surface area contributed by atoms with Gasteiger partial charge >= 0.3 is 12.0 Å². The van der Waals surface area contributed by atoms with Crippen LogP contribution in [0.5, 0.6) is 5.75 Å². The molecule has 78 valence electrons. The number of oxazole rings is 1. The fourth-order valence-corrected chi connectivity index (χ4v) is 1.03. The number of carbonyl (C=O) groups is 1. The van der Waals surface area contributed by atoms with E-state index in [4.69, 9.17) is 15.3 Å². The Kier molecular flexibility index (Phi) is 1.82. The molecule has 15 heavy (non-hydrogen) atoms. The third-order valence-electron chi connectivity index (χ3n) is 1.70. The fraction of sp³-hybridized carbons (Fsp3) is 0. The van der Waals surface area contributed by atoms with Gasteiger partial charge in [-0.05, 0) is 0 Å². The number of hydrogen-bond donors (Lipinski definition) is 3. The van der Waals surface area contributed by atoms with Crippen molar-refractivity contribution < 1.29 is 19.4 Å². The molecule has 8 heteroatoms. The van der Waals surface area contributed by atoms with Gasteiger partial charge in [0.15, 0.2) is 11.6 Å². The van der Waals surface area contributed by atoms with E-state index in [9.17, 15) is 9.90 Å². The summed E-state index contributed by atoms with van der Waals surface area (Å²) in [6, 6.07) is -0.0182. The SMILES string of the molecule is Nc1c(O)c(C(=O)O)nn1-c1ncco1. The Bertz CT molecular complexity index is 501. The number of carboxylic acid groups (broad SMARTS) is 1. The number of rotatable bonds is 2. The monoisotopic (exact) mass is 210 g/mol. The van der Waals surface area contributed by atoms with Crippen molar-refractivity contribution >= 4 is 11.8 Å². The van der Waals surface area contributed by atoms with E-state index in [-0.39, 0.29) is 11.8 Å². The van der Waals surface area contributed by atoms with Gasteiger partial charge in [-0.1, -0.05) is 0 Å². The lowest BCUT2D eigenvalue weighted by Gasteiger charge is -1.95. The normalized spacial score (nSPS) is 10.4. The van der Waals surface area contributed by atoms with Crippen LogP contribution in [0.1, 0.15) is 10.5 Å². The second kappa shape index (κ2) is 3.01. The van der Waals surface area contributed by atoms with Crippen molar-refractivity contribution in [1.82, 2.24) is 14.8 Å². The molecule has 2 heterocycles. The number of nitrogen functional groups attached to an aromatic ring is 1. The summed E-state index contributed by atoms with van der Waals surface area (Å²) in [5, 5.41) is 21.5. The Morgan fingerprint density at radius 1 is 1.60 bits per heavy atom. The first kappa shape index (κ1) is 9.06. The Morgan fingerprint density at radius 3 is 2.80 bits per heavy atom. The maximum absolute atomic E-state index is 10.6. The molecule has 8 nitrogen and oxygen atoms in total. The largest absolute Gasteiger partial charge is 0.503 e. The van der Waals surface area contributed by atoms with Gasteiger partial charge in [0.1, 0.15) is 6.26 Å². The molecule has 0 aromatic carbocycles. The lowest BCUT2D eigenvalue weighted by molar-refractivity contribution is 0.0687. The predicted octanol–water partition coefficient (Wildman–Crippen LogP) is -0.154. The van der Waals surface area contributed by atoms with Crippen LogP contribution < -0.4 is 5.73 Å².